The Kier molecular flexibility index (Phi) is 12.5. The molecule has 3 atom stereocenters. The summed E-state index contributed by atoms with van der Waals surface area (Å²) in [5, 5.41) is -0.223. The van der Waals surface area contributed by atoms with Gasteiger partial charge in [0.2, 0.25) is 0 Å². The molecule has 0 aliphatic carbocycles. The molecule has 0 aromatic carbocycles. The molecule has 0 N–H and O–H groups in total. The Hall–Kier alpha value is -1.72. The van der Waals surface area contributed by atoms with Gasteiger partial charge in [0.15, 0.2) is 0 Å². The lowest BCUT2D eigenvalue weighted by Crippen LogP contribution is -2.49. The molecule has 238 valence electrons. The SMILES string of the molecule is CC(CC(C(=O)OC(C(F)(F)F)C(F)(F)F)C(C)C(=O)OC(C(F)(F)F)C(F)(F)F)OCCC(C)(C)[Si](C)(C)C. The zero-order valence-electron chi connectivity index (χ0n) is 22.6. The van der Waals surface area contributed by atoms with Crippen LogP contribution in [-0.2, 0) is 23.8 Å². The number of hydrogen-bond donors (Lipinski definition) is 0. The van der Waals surface area contributed by atoms with Crippen LogP contribution in [0.25, 0.3) is 0 Å². The highest BCUT2D eigenvalue weighted by atomic mass is 28.3. The summed E-state index contributed by atoms with van der Waals surface area (Å²) in [5.41, 5.74) is 0. The van der Waals surface area contributed by atoms with Crippen molar-refractivity contribution in [1.29, 1.82) is 0 Å². The molecule has 0 bridgehead atoms. The van der Waals surface area contributed by atoms with Crippen molar-refractivity contribution < 1.29 is 76.5 Å². The third kappa shape index (κ3) is 11.6. The second-order valence-corrected chi connectivity index (χ2v) is 16.9. The summed E-state index contributed by atoms with van der Waals surface area (Å²) in [5.74, 6) is -9.50. The van der Waals surface area contributed by atoms with E-state index < -0.39 is 81.3 Å². The summed E-state index contributed by atoms with van der Waals surface area (Å²) in [6.07, 6.45) is -35.7. The average Bonchev–Trinajstić information content (AvgIpc) is 2.68. The van der Waals surface area contributed by atoms with E-state index >= 15 is 0 Å². The van der Waals surface area contributed by atoms with Crippen LogP contribution in [0, 0.1) is 11.8 Å². The fraction of sp³-hybridized carbons (Fsp3) is 0.909. The first-order valence-corrected chi connectivity index (χ1v) is 15.2. The average molecular weight is 633 g/mol. The van der Waals surface area contributed by atoms with Gasteiger partial charge < -0.3 is 14.2 Å². The largest absolute Gasteiger partial charge is 0.443 e. The van der Waals surface area contributed by atoms with Gasteiger partial charge >= 0.3 is 36.6 Å². The van der Waals surface area contributed by atoms with E-state index in [0.717, 1.165) is 0 Å². The summed E-state index contributed by atoms with van der Waals surface area (Å²) in [6, 6.07) is 0. The Balaban J connectivity index is 6.08. The number of carbonyl (C=O) groups is 2. The molecule has 0 aliphatic rings. The van der Waals surface area contributed by atoms with Crippen LogP contribution in [0.15, 0.2) is 0 Å². The first kappa shape index (κ1) is 38.3. The van der Waals surface area contributed by atoms with Gasteiger partial charge in [0, 0.05) is 14.7 Å². The summed E-state index contributed by atoms with van der Waals surface area (Å²) < 4.78 is 167. The van der Waals surface area contributed by atoms with Crippen molar-refractivity contribution in [3.8, 4) is 0 Å². The van der Waals surface area contributed by atoms with E-state index in [-0.39, 0.29) is 11.6 Å². The van der Waals surface area contributed by atoms with E-state index in [1.807, 2.05) is 33.5 Å². The summed E-state index contributed by atoms with van der Waals surface area (Å²) in [7, 11) is -1.75. The maximum atomic E-state index is 12.9. The van der Waals surface area contributed by atoms with Crippen molar-refractivity contribution in [3.63, 3.8) is 0 Å². The number of hydrogen-bond acceptors (Lipinski definition) is 5. The van der Waals surface area contributed by atoms with Gasteiger partial charge in [0.05, 0.1) is 17.9 Å². The number of carbonyl (C=O) groups excluding carboxylic acids is 2. The van der Waals surface area contributed by atoms with Crippen LogP contribution in [-0.4, -0.2) is 69.6 Å². The smallest absolute Gasteiger partial charge is 0.434 e. The molecule has 40 heavy (non-hydrogen) atoms. The number of esters is 2. The van der Waals surface area contributed by atoms with Crippen molar-refractivity contribution in [1.82, 2.24) is 0 Å². The van der Waals surface area contributed by atoms with Crippen molar-refractivity contribution in [2.75, 3.05) is 6.61 Å². The highest BCUT2D eigenvalue weighted by Gasteiger charge is 2.62. The molecule has 0 rings (SSSR count). The van der Waals surface area contributed by atoms with Crippen LogP contribution < -0.4 is 0 Å². The van der Waals surface area contributed by atoms with E-state index in [1.54, 1.807) is 0 Å². The topological polar surface area (TPSA) is 61.8 Å². The molecule has 3 unspecified atom stereocenters. The molecule has 0 aromatic rings. The van der Waals surface area contributed by atoms with Crippen molar-refractivity contribution in [2.45, 2.75) is 108 Å². The molecule has 0 saturated heterocycles. The lowest BCUT2D eigenvalue weighted by Gasteiger charge is -2.37. The normalized spacial score (nSPS) is 16.6. The third-order valence-electron chi connectivity index (χ3n) is 6.68. The Labute approximate surface area is 223 Å². The monoisotopic (exact) mass is 632 g/mol. The minimum Gasteiger partial charge on any atom is -0.443 e. The van der Waals surface area contributed by atoms with Gasteiger partial charge in [-0.3, -0.25) is 9.59 Å². The van der Waals surface area contributed by atoms with Crippen LogP contribution in [0.2, 0.25) is 24.7 Å². The number of alkyl halides is 12. The second-order valence-electron chi connectivity index (χ2n) is 11.0. The quantitative estimate of drug-likeness (QED) is 0.126. The molecule has 5 nitrogen and oxygen atoms in total. The van der Waals surface area contributed by atoms with Crippen molar-refractivity contribution >= 4 is 20.0 Å². The third-order valence-corrected chi connectivity index (χ3v) is 11.0. The Morgan fingerprint density at radius 3 is 1.35 bits per heavy atom. The molecule has 0 fully saturated rings. The van der Waals surface area contributed by atoms with Crippen LogP contribution in [0.5, 0.6) is 0 Å². The van der Waals surface area contributed by atoms with E-state index in [1.165, 1.54) is 6.92 Å². The van der Waals surface area contributed by atoms with Crippen LogP contribution in [0.4, 0.5) is 52.7 Å². The predicted octanol–water partition coefficient (Wildman–Crippen LogP) is 7.62. The second kappa shape index (κ2) is 13.1. The highest BCUT2D eigenvalue weighted by Crippen LogP contribution is 2.41. The molecule has 0 amide bonds. The molecular weight excluding hydrogens is 600 g/mol. The number of halogens is 12. The van der Waals surface area contributed by atoms with Gasteiger partial charge in [-0.05, 0) is 24.8 Å². The molecule has 18 heteroatoms. The first-order chi connectivity index (χ1) is 17.4. The zero-order valence-corrected chi connectivity index (χ0v) is 23.6. The van der Waals surface area contributed by atoms with E-state index in [0.29, 0.717) is 13.3 Å². The van der Waals surface area contributed by atoms with Gasteiger partial charge in [-0.25, -0.2) is 0 Å². The fourth-order valence-electron chi connectivity index (χ4n) is 3.05. The zero-order chi connectivity index (χ0) is 32.3. The Morgan fingerprint density at radius 2 is 1.02 bits per heavy atom. The Bertz CT molecular complexity index is 816. The maximum absolute atomic E-state index is 12.9. The summed E-state index contributed by atoms with van der Waals surface area (Å²) >= 11 is 0. The minimum atomic E-state index is -6.18. The van der Waals surface area contributed by atoms with E-state index in [9.17, 15) is 62.3 Å². The predicted molar refractivity (Wildman–Crippen MR) is 119 cm³/mol. The van der Waals surface area contributed by atoms with E-state index in [2.05, 4.69) is 9.47 Å². The number of ether oxygens (including phenoxy) is 3. The standard InChI is InChI=1S/C22H32F12O5Si/c1-11(37-9-8-18(3,4)40(5,6)7)10-13(15(36)39-17(21(29,30)31)22(32,33)34)12(2)14(35)38-16(19(23,24)25)20(26,27)28/h11-13,16-17H,8-10H2,1-7H3. The molecule has 0 aliphatic heterocycles. The fourth-order valence-corrected chi connectivity index (χ4v) is 3.90. The molecule has 0 radical (unpaired) electrons. The molecule has 0 aromatic heterocycles. The van der Waals surface area contributed by atoms with Crippen molar-refractivity contribution in [3.05, 3.63) is 0 Å². The summed E-state index contributed by atoms with van der Waals surface area (Å²) in [4.78, 5) is 24.6. The van der Waals surface area contributed by atoms with Crippen molar-refractivity contribution in [2.24, 2.45) is 11.8 Å². The number of rotatable bonds is 12. The van der Waals surface area contributed by atoms with Crippen LogP contribution in [0.3, 0.4) is 0 Å². The van der Waals surface area contributed by atoms with Gasteiger partial charge in [0.25, 0.3) is 12.2 Å². The van der Waals surface area contributed by atoms with Crippen LogP contribution >= 0.6 is 0 Å². The van der Waals surface area contributed by atoms with Gasteiger partial charge in [0.1, 0.15) is 0 Å². The maximum Gasteiger partial charge on any atom is 0.434 e. The van der Waals surface area contributed by atoms with Gasteiger partial charge in [-0.15, -0.1) is 0 Å². The van der Waals surface area contributed by atoms with E-state index in [4.69, 9.17) is 4.74 Å². The lowest BCUT2D eigenvalue weighted by molar-refractivity contribution is -0.317. The lowest BCUT2D eigenvalue weighted by atomic mass is 9.89. The Morgan fingerprint density at radius 1 is 0.675 bits per heavy atom. The highest BCUT2D eigenvalue weighted by molar-refractivity contribution is 6.79. The molecule has 0 heterocycles. The van der Waals surface area contributed by atoms with Gasteiger partial charge in [-0.1, -0.05) is 40.4 Å². The first-order valence-electron chi connectivity index (χ1n) is 11.7. The van der Waals surface area contributed by atoms with Crippen LogP contribution in [0.1, 0.15) is 40.5 Å². The molecule has 0 saturated carbocycles. The molecule has 0 spiro atoms. The summed E-state index contributed by atoms with van der Waals surface area (Å²) in [6.45, 7) is 11.7. The minimum absolute atomic E-state index is 0.0308. The molecular formula is C22H32F12O5Si. The van der Waals surface area contributed by atoms with Gasteiger partial charge in [-0.2, -0.15) is 52.7 Å².